The summed E-state index contributed by atoms with van der Waals surface area (Å²) in [4.78, 5) is 0. The molecule has 19 heavy (non-hydrogen) atoms. The standard InChI is InChI=1S/C15H15BrFNO/c1-10-4-3-5-13(15(10)16)18-9-11-6-7-14(19-2)12(17)8-11/h3-8,18H,9H2,1-2H3. The fraction of sp³-hybridized carbons (Fsp3) is 0.200. The van der Waals surface area contributed by atoms with E-state index < -0.39 is 0 Å². The van der Waals surface area contributed by atoms with E-state index in [0.29, 0.717) is 6.54 Å². The Morgan fingerprint density at radius 1 is 1.26 bits per heavy atom. The molecule has 0 saturated heterocycles. The van der Waals surface area contributed by atoms with Crippen molar-refractivity contribution in [2.75, 3.05) is 12.4 Å². The smallest absolute Gasteiger partial charge is 0.165 e. The van der Waals surface area contributed by atoms with Crippen molar-refractivity contribution >= 4 is 21.6 Å². The van der Waals surface area contributed by atoms with Crippen LogP contribution in [0.15, 0.2) is 40.9 Å². The Balaban J connectivity index is 2.10. The molecule has 2 aromatic rings. The van der Waals surface area contributed by atoms with E-state index in [1.807, 2.05) is 31.2 Å². The van der Waals surface area contributed by atoms with Crippen molar-refractivity contribution in [1.29, 1.82) is 0 Å². The maximum atomic E-state index is 13.6. The monoisotopic (exact) mass is 323 g/mol. The van der Waals surface area contributed by atoms with Crippen molar-refractivity contribution in [3.05, 3.63) is 57.8 Å². The second kappa shape index (κ2) is 6.06. The van der Waals surface area contributed by atoms with E-state index >= 15 is 0 Å². The average Bonchev–Trinajstić information content (AvgIpc) is 2.40. The third-order valence-corrected chi connectivity index (χ3v) is 3.94. The first-order valence-electron chi connectivity index (χ1n) is 5.93. The zero-order valence-electron chi connectivity index (χ0n) is 10.8. The largest absolute Gasteiger partial charge is 0.494 e. The highest BCUT2D eigenvalue weighted by Crippen LogP contribution is 2.26. The molecule has 100 valence electrons. The molecule has 0 aliphatic rings. The van der Waals surface area contributed by atoms with Gasteiger partial charge in [-0.2, -0.15) is 0 Å². The second-order valence-corrected chi connectivity index (χ2v) is 5.05. The van der Waals surface area contributed by atoms with Gasteiger partial charge in [-0.05, 0) is 52.2 Å². The minimum Gasteiger partial charge on any atom is -0.494 e. The average molecular weight is 324 g/mol. The highest BCUT2D eigenvalue weighted by molar-refractivity contribution is 9.10. The van der Waals surface area contributed by atoms with Gasteiger partial charge >= 0.3 is 0 Å². The SMILES string of the molecule is COc1ccc(CNc2cccc(C)c2Br)cc1F. The number of nitrogens with one attached hydrogen (secondary N) is 1. The Labute approximate surface area is 120 Å². The molecule has 0 unspecified atom stereocenters. The molecule has 0 fully saturated rings. The number of methoxy groups -OCH3 is 1. The predicted molar refractivity (Wildman–Crippen MR) is 79.2 cm³/mol. The quantitative estimate of drug-likeness (QED) is 0.893. The minimum atomic E-state index is -0.342. The molecule has 0 atom stereocenters. The molecule has 2 nitrogen and oxygen atoms in total. The maximum Gasteiger partial charge on any atom is 0.165 e. The number of hydrogen-bond donors (Lipinski definition) is 1. The van der Waals surface area contributed by atoms with Crippen LogP contribution < -0.4 is 10.1 Å². The van der Waals surface area contributed by atoms with Crippen LogP contribution in [0.25, 0.3) is 0 Å². The summed E-state index contributed by atoms with van der Waals surface area (Å²) >= 11 is 3.53. The Morgan fingerprint density at radius 2 is 2.05 bits per heavy atom. The zero-order chi connectivity index (χ0) is 13.8. The van der Waals surface area contributed by atoms with Crippen LogP contribution in [0.4, 0.5) is 10.1 Å². The van der Waals surface area contributed by atoms with Gasteiger partial charge in [0, 0.05) is 16.7 Å². The molecule has 0 radical (unpaired) electrons. The van der Waals surface area contributed by atoms with Crippen LogP contribution in [0.2, 0.25) is 0 Å². The Bertz CT molecular complexity index is 586. The number of rotatable bonds is 4. The summed E-state index contributed by atoms with van der Waals surface area (Å²) < 4.78 is 19.5. The molecular formula is C15H15BrFNO. The number of aryl methyl sites for hydroxylation is 1. The van der Waals surface area contributed by atoms with Crippen LogP contribution in [-0.2, 0) is 6.54 Å². The Morgan fingerprint density at radius 3 is 2.74 bits per heavy atom. The van der Waals surface area contributed by atoms with E-state index in [2.05, 4.69) is 21.2 Å². The van der Waals surface area contributed by atoms with Crippen molar-refractivity contribution < 1.29 is 9.13 Å². The van der Waals surface area contributed by atoms with Gasteiger partial charge in [0.25, 0.3) is 0 Å². The second-order valence-electron chi connectivity index (χ2n) is 4.26. The summed E-state index contributed by atoms with van der Waals surface area (Å²) in [6.45, 7) is 2.59. The molecule has 0 amide bonds. The lowest BCUT2D eigenvalue weighted by atomic mass is 10.2. The van der Waals surface area contributed by atoms with Gasteiger partial charge in [0.2, 0.25) is 0 Å². The summed E-state index contributed by atoms with van der Waals surface area (Å²) in [5.41, 5.74) is 3.02. The van der Waals surface area contributed by atoms with Gasteiger partial charge in [-0.25, -0.2) is 4.39 Å². The molecule has 0 spiro atoms. The third kappa shape index (κ3) is 3.26. The van der Waals surface area contributed by atoms with E-state index in [9.17, 15) is 4.39 Å². The van der Waals surface area contributed by atoms with Crippen LogP contribution in [0.3, 0.4) is 0 Å². The van der Waals surface area contributed by atoms with Crippen molar-refractivity contribution in [1.82, 2.24) is 0 Å². The molecule has 2 aromatic carbocycles. The topological polar surface area (TPSA) is 21.3 Å². The first-order valence-corrected chi connectivity index (χ1v) is 6.72. The normalized spacial score (nSPS) is 10.3. The number of halogens is 2. The highest BCUT2D eigenvalue weighted by Gasteiger charge is 2.05. The lowest BCUT2D eigenvalue weighted by Crippen LogP contribution is -2.01. The van der Waals surface area contributed by atoms with Gasteiger partial charge in [-0.3, -0.25) is 0 Å². The van der Waals surface area contributed by atoms with Crippen molar-refractivity contribution in [3.8, 4) is 5.75 Å². The van der Waals surface area contributed by atoms with E-state index in [4.69, 9.17) is 4.74 Å². The third-order valence-electron chi connectivity index (χ3n) is 2.89. The van der Waals surface area contributed by atoms with Crippen molar-refractivity contribution in [2.24, 2.45) is 0 Å². The van der Waals surface area contributed by atoms with E-state index in [1.165, 1.54) is 13.2 Å². The molecule has 0 saturated carbocycles. The van der Waals surface area contributed by atoms with Crippen LogP contribution in [0.5, 0.6) is 5.75 Å². The van der Waals surface area contributed by atoms with Gasteiger partial charge in [0.05, 0.1) is 7.11 Å². The number of benzene rings is 2. The summed E-state index contributed by atoms with van der Waals surface area (Å²) in [5, 5.41) is 3.28. The zero-order valence-corrected chi connectivity index (χ0v) is 12.4. The van der Waals surface area contributed by atoms with Crippen LogP contribution in [0, 0.1) is 12.7 Å². The Hall–Kier alpha value is -1.55. The predicted octanol–water partition coefficient (Wildman–Crippen LogP) is 4.52. The van der Waals surface area contributed by atoms with E-state index in [1.54, 1.807) is 6.07 Å². The van der Waals surface area contributed by atoms with E-state index in [-0.39, 0.29) is 11.6 Å². The van der Waals surface area contributed by atoms with Crippen LogP contribution >= 0.6 is 15.9 Å². The lowest BCUT2D eigenvalue weighted by Gasteiger charge is -2.11. The van der Waals surface area contributed by atoms with Crippen LogP contribution in [-0.4, -0.2) is 7.11 Å². The fourth-order valence-electron chi connectivity index (χ4n) is 1.80. The first-order chi connectivity index (χ1) is 9.11. The summed E-state index contributed by atoms with van der Waals surface area (Å²) in [6.07, 6.45) is 0. The molecule has 1 N–H and O–H groups in total. The number of anilines is 1. The van der Waals surface area contributed by atoms with Gasteiger partial charge in [-0.1, -0.05) is 18.2 Å². The van der Waals surface area contributed by atoms with Crippen molar-refractivity contribution in [2.45, 2.75) is 13.5 Å². The fourth-order valence-corrected chi connectivity index (χ4v) is 2.21. The molecular weight excluding hydrogens is 309 g/mol. The van der Waals surface area contributed by atoms with Gasteiger partial charge in [0.1, 0.15) is 0 Å². The number of hydrogen-bond acceptors (Lipinski definition) is 2. The van der Waals surface area contributed by atoms with Gasteiger partial charge < -0.3 is 10.1 Å². The highest BCUT2D eigenvalue weighted by atomic mass is 79.9. The van der Waals surface area contributed by atoms with Crippen molar-refractivity contribution in [3.63, 3.8) is 0 Å². The first kappa shape index (κ1) is 13.9. The molecule has 4 heteroatoms. The van der Waals surface area contributed by atoms with Gasteiger partial charge in [-0.15, -0.1) is 0 Å². The molecule has 0 bridgehead atoms. The molecule has 0 heterocycles. The summed E-state index contributed by atoms with van der Waals surface area (Å²) in [5.74, 6) is -0.0782. The maximum absolute atomic E-state index is 13.6. The summed E-state index contributed by atoms with van der Waals surface area (Å²) in [7, 11) is 1.46. The Kier molecular flexibility index (Phi) is 4.43. The van der Waals surface area contributed by atoms with Crippen LogP contribution in [0.1, 0.15) is 11.1 Å². The van der Waals surface area contributed by atoms with Gasteiger partial charge in [0.15, 0.2) is 11.6 Å². The molecule has 0 aromatic heterocycles. The minimum absolute atomic E-state index is 0.264. The lowest BCUT2D eigenvalue weighted by molar-refractivity contribution is 0.386. The molecule has 2 rings (SSSR count). The number of ether oxygens (including phenoxy) is 1. The summed E-state index contributed by atoms with van der Waals surface area (Å²) in [6, 6.07) is 11.0. The van der Waals surface area contributed by atoms with E-state index in [0.717, 1.165) is 21.3 Å². The molecule has 0 aliphatic heterocycles. The molecule has 0 aliphatic carbocycles.